The lowest BCUT2D eigenvalue weighted by molar-refractivity contribution is 0.589. The molecule has 4 heteroatoms. The van der Waals surface area contributed by atoms with Crippen molar-refractivity contribution in [1.29, 1.82) is 0 Å². The summed E-state index contributed by atoms with van der Waals surface area (Å²) in [7, 11) is 0. The molecule has 100 valence electrons. The number of nitrogens with one attached hydrogen (secondary N) is 1. The minimum absolute atomic E-state index is 0.161. The van der Waals surface area contributed by atoms with Crippen molar-refractivity contribution >= 4 is 0 Å². The maximum absolute atomic E-state index is 13.2. The Bertz CT molecular complexity index is 553. The van der Waals surface area contributed by atoms with Gasteiger partial charge in [0.15, 0.2) is 0 Å². The Labute approximate surface area is 111 Å². The van der Waals surface area contributed by atoms with E-state index in [1.807, 2.05) is 13.8 Å². The van der Waals surface area contributed by atoms with E-state index in [9.17, 15) is 8.78 Å². The highest BCUT2D eigenvalue weighted by atomic mass is 19.1. The van der Waals surface area contributed by atoms with Gasteiger partial charge in [0.2, 0.25) is 0 Å². The predicted octanol–water partition coefficient (Wildman–Crippen LogP) is 3.37. The van der Waals surface area contributed by atoms with Crippen molar-refractivity contribution in [3.63, 3.8) is 0 Å². The van der Waals surface area contributed by atoms with E-state index in [1.165, 1.54) is 24.4 Å². The quantitative estimate of drug-likeness (QED) is 0.913. The van der Waals surface area contributed by atoms with Crippen LogP contribution >= 0.6 is 0 Å². The summed E-state index contributed by atoms with van der Waals surface area (Å²) in [6.45, 7) is 4.57. The monoisotopic (exact) mass is 262 g/mol. The Morgan fingerprint density at radius 1 is 1.16 bits per heavy atom. The minimum Gasteiger partial charge on any atom is -0.305 e. The summed E-state index contributed by atoms with van der Waals surface area (Å²) in [5.74, 6) is -0.626. The molecule has 1 N–H and O–H groups in total. The van der Waals surface area contributed by atoms with E-state index in [0.29, 0.717) is 0 Å². The molecule has 2 rings (SSSR count). The first-order valence-corrected chi connectivity index (χ1v) is 6.22. The maximum atomic E-state index is 13.2. The first-order chi connectivity index (χ1) is 9.11. The van der Waals surface area contributed by atoms with Gasteiger partial charge in [-0.05, 0) is 48.9 Å². The number of rotatable bonds is 4. The third kappa shape index (κ3) is 3.15. The van der Waals surface area contributed by atoms with Gasteiger partial charge in [-0.15, -0.1) is 0 Å². The summed E-state index contributed by atoms with van der Waals surface area (Å²) in [6.07, 6.45) is 1.19. The van der Waals surface area contributed by atoms with Gasteiger partial charge in [0.1, 0.15) is 11.6 Å². The highest BCUT2D eigenvalue weighted by Crippen LogP contribution is 2.24. The van der Waals surface area contributed by atoms with Crippen LogP contribution in [0.1, 0.15) is 29.8 Å². The van der Waals surface area contributed by atoms with Crippen molar-refractivity contribution in [1.82, 2.24) is 10.3 Å². The number of pyridine rings is 1. The van der Waals surface area contributed by atoms with Crippen LogP contribution in [-0.4, -0.2) is 11.5 Å². The Balaban J connectivity index is 2.41. The summed E-state index contributed by atoms with van der Waals surface area (Å²) in [5, 5.41) is 3.29. The molecule has 0 aliphatic heterocycles. The number of aryl methyl sites for hydroxylation is 1. The standard InChI is InChI=1S/C15H16F2N2/c1-3-18-15(14-7-5-12(17)9-19-14)13-6-4-11(16)8-10(13)2/h4-9,15,18H,3H2,1-2H3. The average Bonchev–Trinajstić information content (AvgIpc) is 2.38. The molecular weight excluding hydrogens is 246 g/mol. The molecule has 0 radical (unpaired) electrons. The number of hydrogen-bond donors (Lipinski definition) is 1. The molecule has 19 heavy (non-hydrogen) atoms. The molecule has 0 spiro atoms. The van der Waals surface area contributed by atoms with Crippen LogP contribution < -0.4 is 5.32 Å². The van der Waals surface area contributed by atoms with Crippen LogP contribution in [0.25, 0.3) is 0 Å². The SMILES string of the molecule is CCNC(c1ccc(F)cn1)c1ccc(F)cc1C. The molecule has 2 nitrogen and oxygen atoms in total. The van der Waals surface area contributed by atoms with E-state index in [-0.39, 0.29) is 17.7 Å². The third-order valence-electron chi connectivity index (χ3n) is 3.00. The third-order valence-corrected chi connectivity index (χ3v) is 3.00. The van der Waals surface area contributed by atoms with Gasteiger partial charge in [0.25, 0.3) is 0 Å². The van der Waals surface area contributed by atoms with Gasteiger partial charge in [-0.25, -0.2) is 8.78 Å². The van der Waals surface area contributed by atoms with E-state index < -0.39 is 0 Å². The van der Waals surface area contributed by atoms with Crippen LogP contribution in [0.5, 0.6) is 0 Å². The lowest BCUT2D eigenvalue weighted by Gasteiger charge is -2.20. The van der Waals surface area contributed by atoms with Gasteiger partial charge in [0, 0.05) is 0 Å². The van der Waals surface area contributed by atoms with Crippen molar-refractivity contribution in [2.45, 2.75) is 19.9 Å². The molecule has 0 amide bonds. The van der Waals surface area contributed by atoms with Crippen LogP contribution in [0.15, 0.2) is 36.5 Å². The lowest BCUT2D eigenvalue weighted by atomic mass is 9.98. The van der Waals surface area contributed by atoms with Crippen molar-refractivity contribution in [3.05, 3.63) is 65.0 Å². The van der Waals surface area contributed by atoms with Gasteiger partial charge >= 0.3 is 0 Å². The largest absolute Gasteiger partial charge is 0.305 e. The summed E-state index contributed by atoms with van der Waals surface area (Å²) in [6, 6.07) is 7.52. The number of benzene rings is 1. The van der Waals surface area contributed by atoms with Crippen LogP contribution in [-0.2, 0) is 0 Å². The summed E-state index contributed by atoms with van der Waals surface area (Å²) < 4.78 is 26.1. The number of nitrogens with zero attached hydrogens (tertiary/aromatic N) is 1. The zero-order valence-electron chi connectivity index (χ0n) is 11.0. The Kier molecular flexibility index (Phi) is 4.22. The summed E-state index contributed by atoms with van der Waals surface area (Å²) >= 11 is 0. The second-order valence-corrected chi connectivity index (χ2v) is 4.39. The van der Waals surface area contributed by atoms with Crippen LogP contribution in [0.3, 0.4) is 0 Å². The van der Waals surface area contributed by atoms with Gasteiger partial charge in [0.05, 0.1) is 17.9 Å². The fourth-order valence-corrected chi connectivity index (χ4v) is 2.10. The fourth-order valence-electron chi connectivity index (χ4n) is 2.10. The lowest BCUT2D eigenvalue weighted by Crippen LogP contribution is -2.23. The highest BCUT2D eigenvalue weighted by molar-refractivity contribution is 5.34. The number of aromatic nitrogens is 1. The second-order valence-electron chi connectivity index (χ2n) is 4.39. The normalized spacial score (nSPS) is 12.4. The predicted molar refractivity (Wildman–Crippen MR) is 70.9 cm³/mol. The first-order valence-electron chi connectivity index (χ1n) is 6.22. The molecule has 2 aromatic rings. The van der Waals surface area contributed by atoms with Crippen molar-refractivity contribution in [3.8, 4) is 0 Å². The number of hydrogen-bond acceptors (Lipinski definition) is 2. The molecule has 0 saturated carbocycles. The van der Waals surface area contributed by atoms with Gasteiger partial charge in [-0.2, -0.15) is 0 Å². The molecule has 1 aromatic carbocycles. The smallest absolute Gasteiger partial charge is 0.141 e. The van der Waals surface area contributed by atoms with E-state index in [0.717, 1.165) is 23.4 Å². The van der Waals surface area contributed by atoms with E-state index in [2.05, 4.69) is 10.3 Å². The van der Waals surface area contributed by atoms with E-state index in [1.54, 1.807) is 12.1 Å². The molecule has 1 heterocycles. The number of halogens is 2. The molecule has 0 aliphatic rings. The van der Waals surface area contributed by atoms with E-state index in [4.69, 9.17) is 0 Å². The maximum Gasteiger partial charge on any atom is 0.141 e. The molecule has 0 saturated heterocycles. The summed E-state index contributed by atoms with van der Waals surface area (Å²) in [5.41, 5.74) is 2.51. The Hall–Kier alpha value is -1.81. The topological polar surface area (TPSA) is 24.9 Å². The second kappa shape index (κ2) is 5.89. The van der Waals surface area contributed by atoms with Gasteiger partial charge in [-0.1, -0.05) is 13.0 Å². The van der Waals surface area contributed by atoms with Crippen LogP contribution in [0, 0.1) is 18.6 Å². The van der Waals surface area contributed by atoms with Gasteiger partial charge in [-0.3, -0.25) is 4.98 Å². The molecule has 1 unspecified atom stereocenters. The minimum atomic E-state index is -0.366. The van der Waals surface area contributed by atoms with Crippen molar-refractivity contribution < 1.29 is 8.78 Å². The van der Waals surface area contributed by atoms with Crippen LogP contribution in [0.2, 0.25) is 0 Å². The molecule has 1 atom stereocenters. The van der Waals surface area contributed by atoms with Gasteiger partial charge < -0.3 is 5.32 Å². The summed E-state index contributed by atoms with van der Waals surface area (Å²) in [4.78, 5) is 4.11. The first kappa shape index (κ1) is 13.6. The molecule has 1 aromatic heterocycles. The zero-order chi connectivity index (χ0) is 13.8. The molecule has 0 aliphatic carbocycles. The Morgan fingerprint density at radius 3 is 2.47 bits per heavy atom. The molecule has 0 fully saturated rings. The van der Waals surface area contributed by atoms with Crippen molar-refractivity contribution in [2.75, 3.05) is 6.54 Å². The van der Waals surface area contributed by atoms with Crippen LogP contribution in [0.4, 0.5) is 8.78 Å². The van der Waals surface area contributed by atoms with Crippen molar-refractivity contribution in [2.24, 2.45) is 0 Å². The zero-order valence-corrected chi connectivity index (χ0v) is 11.0. The fraction of sp³-hybridized carbons (Fsp3) is 0.267. The Morgan fingerprint density at radius 2 is 1.89 bits per heavy atom. The highest BCUT2D eigenvalue weighted by Gasteiger charge is 2.16. The average molecular weight is 262 g/mol. The van der Waals surface area contributed by atoms with E-state index >= 15 is 0 Å². The molecule has 0 bridgehead atoms. The molecular formula is C15H16F2N2.